The maximum Gasteiger partial charge on any atom is 0.234 e. The molecule has 9 nitrogen and oxygen atoms in total. The summed E-state index contributed by atoms with van der Waals surface area (Å²) in [6, 6.07) is 11.4. The van der Waals surface area contributed by atoms with E-state index >= 15 is 0 Å². The Balaban J connectivity index is 1.32. The van der Waals surface area contributed by atoms with E-state index in [4.69, 9.17) is 14.9 Å². The zero-order valence-electron chi connectivity index (χ0n) is 18.0. The van der Waals surface area contributed by atoms with Crippen molar-refractivity contribution in [3.8, 4) is 5.75 Å². The molecule has 2 heterocycles. The Hall–Kier alpha value is -3.53. The second kappa shape index (κ2) is 8.78. The number of methoxy groups -OCH3 is 1. The average Bonchev–Trinajstić information content (AvgIpc) is 3.47. The van der Waals surface area contributed by atoms with Crippen LogP contribution in [-0.2, 0) is 16.1 Å². The number of carbonyl (C=O) groups excluding carboxylic acids is 2. The number of benzene rings is 2. The summed E-state index contributed by atoms with van der Waals surface area (Å²) in [6.45, 7) is 0.411. The SMILES string of the molecule is COc1cc2c(cc1NC(=O)CSc1nnc(C3CC3)n1CCC(N)=O)oc1ccccc12. The highest BCUT2D eigenvalue weighted by Gasteiger charge is 2.30. The molecule has 5 rings (SSSR count). The lowest BCUT2D eigenvalue weighted by molar-refractivity contribution is -0.118. The van der Waals surface area contributed by atoms with E-state index in [0.29, 0.717) is 34.6 Å². The second-order valence-corrected chi connectivity index (χ2v) is 8.91. The number of amides is 2. The molecular formula is C23H23N5O4S. The van der Waals surface area contributed by atoms with E-state index in [9.17, 15) is 9.59 Å². The number of hydrogen-bond donors (Lipinski definition) is 2. The van der Waals surface area contributed by atoms with E-state index in [2.05, 4.69) is 15.5 Å². The van der Waals surface area contributed by atoms with Crippen molar-refractivity contribution in [2.24, 2.45) is 5.73 Å². The number of thioether (sulfide) groups is 1. The Morgan fingerprint density at radius 2 is 2.03 bits per heavy atom. The summed E-state index contributed by atoms with van der Waals surface area (Å²) in [4.78, 5) is 24.0. The van der Waals surface area contributed by atoms with Gasteiger partial charge in [-0.25, -0.2) is 0 Å². The smallest absolute Gasteiger partial charge is 0.234 e. The number of nitrogens with two attached hydrogens (primary N) is 1. The van der Waals surface area contributed by atoms with E-state index in [0.717, 1.165) is 35.0 Å². The van der Waals surface area contributed by atoms with Crippen LogP contribution in [0.2, 0.25) is 0 Å². The van der Waals surface area contributed by atoms with E-state index < -0.39 is 0 Å². The number of fused-ring (bicyclic) bond motifs is 3. The highest BCUT2D eigenvalue weighted by Crippen LogP contribution is 2.40. The Bertz CT molecular complexity index is 1360. The highest BCUT2D eigenvalue weighted by atomic mass is 32.2. The molecular weight excluding hydrogens is 442 g/mol. The number of carbonyl (C=O) groups is 2. The number of nitrogens with zero attached hydrogens (tertiary/aromatic N) is 3. The number of anilines is 1. The number of furan rings is 1. The number of nitrogens with one attached hydrogen (secondary N) is 1. The molecule has 1 fully saturated rings. The summed E-state index contributed by atoms with van der Waals surface area (Å²) < 4.78 is 13.3. The third kappa shape index (κ3) is 4.38. The third-order valence-corrected chi connectivity index (χ3v) is 6.54. The van der Waals surface area contributed by atoms with Crippen molar-refractivity contribution in [2.45, 2.75) is 36.9 Å². The monoisotopic (exact) mass is 465 g/mol. The molecule has 0 spiro atoms. The maximum absolute atomic E-state index is 12.7. The van der Waals surface area contributed by atoms with Crippen LogP contribution >= 0.6 is 11.8 Å². The Morgan fingerprint density at radius 3 is 2.79 bits per heavy atom. The number of para-hydroxylation sites is 1. The van der Waals surface area contributed by atoms with Crippen LogP contribution in [-0.4, -0.2) is 39.4 Å². The molecule has 2 amide bonds. The largest absolute Gasteiger partial charge is 0.495 e. The van der Waals surface area contributed by atoms with Crippen molar-refractivity contribution < 1.29 is 18.7 Å². The molecule has 1 saturated carbocycles. The van der Waals surface area contributed by atoms with Gasteiger partial charge in [0, 0.05) is 35.7 Å². The molecule has 0 radical (unpaired) electrons. The molecule has 170 valence electrons. The number of hydrogen-bond acceptors (Lipinski definition) is 7. The predicted octanol–water partition coefficient (Wildman–Crippen LogP) is 3.67. The molecule has 1 aliphatic carbocycles. The van der Waals surface area contributed by atoms with Gasteiger partial charge in [-0.3, -0.25) is 9.59 Å². The summed E-state index contributed by atoms with van der Waals surface area (Å²) in [5.41, 5.74) is 7.29. The zero-order chi connectivity index (χ0) is 22.9. The molecule has 0 bridgehead atoms. The van der Waals surface area contributed by atoms with E-state index in [-0.39, 0.29) is 24.0 Å². The van der Waals surface area contributed by atoms with Crippen LogP contribution in [0.4, 0.5) is 5.69 Å². The molecule has 2 aromatic carbocycles. The van der Waals surface area contributed by atoms with Gasteiger partial charge < -0.3 is 24.8 Å². The summed E-state index contributed by atoms with van der Waals surface area (Å²) in [7, 11) is 1.56. The summed E-state index contributed by atoms with van der Waals surface area (Å²) in [5.74, 6) is 1.30. The van der Waals surface area contributed by atoms with Crippen LogP contribution in [0.5, 0.6) is 5.75 Å². The highest BCUT2D eigenvalue weighted by molar-refractivity contribution is 7.99. The number of primary amides is 1. The maximum atomic E-state index is 12.7. The minimum absolute atomic E-state index is 0.126. The molecule has 0 saturated heterocycles. The standard InChI is InChI=1S/C23H23N5O4S/c1-31-19-10-15-14-4-2-3-5-17(14)32-18(15)11-16(19)25-21(30)12-33-23-27-26-22(13-6-7-13)28(23)9-8-20(24)29/h2-5,10-11,13H,6-9,12H2,1H3,(H2,24,29)(H,25,30). The summed E-state index contributed by atoms with van der Waals surface area (Å²) in [6.07, 6.45) is 2.32. The minimum Gasteiger partial charge on any atom is -0.495 e. The Morgan fingerprint density at radius 1 is 1.21 bits per heavy atom. The first-order valence-electron chi connectivity index (χ1n) is 10.7. The lowest BCUT2D eigenvalue weighted by atomic mass is 10.1. The van der Waals surface area contributed by atoms with Gasteiger partial charge in [-0.1, -0.05) is 30.0 Å². The van der Waals surface area contributed by atoms with Gasteiger partial charge in [0.25, 0.3) is 0 Å². The van der Waals surface area contributed by atoms with Crippen molar-refractivity contribution >= 4 is 51.2 Å². The second-order valence-electron chi connectivity index (χ2n) is 7.97. The fraction of sp³-hybridized carbons (Fsp3) is 0.304. The lowest BCUT2D eigenvalue weighted by Gasteiger charge is -2.11. The molecule has 0 atom stereocenters. The first-order chi connectivity index (χ1) is 16.0. The quantitative estimate of drug-likeness (QED) is 0.361. The fourth-order valence-electron chi connectivity index (χ4n) is 3.82. The number of ether oxygens (including phenoxy) is 1. The third-order valence-electron chi connectivity index (χ3n) is 5.58. The van der Waals surface area contributed by atoms with Crippen LogP contribution in [0.3, 0.4) is 0 Å². The van der Waals surface area contributed by atoms with Crippen molar-refractivity contribution in [1.29, 1.82) is 0 Å². The van der Waals surface area contributed by atoms with Gasteiger partial charge in [0.2, 0.25) is 11.8 Å². The van der Waals surface area contributed by atoms with Crippen LogP contribution in [0.1, 0.15) is 31.0 Å². The predicted molar refractivity (Wildman–Crippen MR) is 125 cm³/mol. The molecule has 0 aliphatic heterocycles. The van der Waals surface area contributed by atoms with E-state index in [1.807, 2.05) is 34.9 Å². The fourth-order valence-corrected chi connectivity index (χ4v) is 4.59. The van der Waals surface area contributed by atoms with Crippen LogP contribution in [0.25, 0.3) is 21.9 Å². The molecule has 4 aromatic rings. The van der Waals surface area contributed by atoms with Crippen molar-refractivity contribution in [3.63, 3.8) is 0 Å². The van der Waals surface area contributed by atoms with Gasteiger partial charge in [-0.2, -0.15) is 0 Å². The van der Waals surface area contributed by atoms with Gasteiger partial charge in [-0.05, 0) is 25.0 Å². The van der Waals surface area contributed by atoms with Gasteiger partial charge in [-0.15, -0.1) is 10.2 Å². The van der Waals surface area contributed by atoms with Gasteiger partial charge in [0.05, 0.1) is 18.6 Å². The van der Waals surface area contributed by atoms with Crippen molar-refractivity contribution in [2.75, 3.05) is 18.2 Å². The minimum atomic E-state index is -0.382. The van der Waals surface area contributed by atoms with Gasteiger partial charge in [0.1, 0.15) is 22.7 Å². The lowest BCUT2D eigenvalue weighted by Crippen LogP contribution is -2.17. The van der Waals surface area contributed by atoms with Gasteiger partial charge in [0.15, 0.2) is 5.16 Å². The van der Waals surface area contributed by atoms with E-state index in [1.54, 1.807) is 13.2 Å². The molecule has 33 heavy (non-hydrogen) atoms. The summed E-state index contributed by atoms with van der Waals surface area (Å²) >= 11 is 1.27. The average molecular weight is 466 g/mol. The first-order valence-corrected chi connectivity index (χ1v) is 11.7. The topological polar surface area (TPSA) is 125 Å². The van der Waals surface area contributed by atoms with Crippen LogP contribution < -0.4 is 15.8 Å². The Kier molecular flexibility index (Phi) is 5.67. The summed E-state index contributed by atoms with van der Waals surface area (Å²) in [5, 5.41) is 13.9. The zero-order valence-corrected chi connectivity index (χ0v) is 18.9. The van der Waals surface area contributed by atoms with Crippen LogP contribution in [0.15, 0.2) is 46.0 Å². The molecule has 3 N–H and O–H groups in total. The number of aromatic nitrogens is 3. The van der Waals surface area contributed by atoms with Crippen molar-refractivity contribution in [1.82, 2.24) is 14.8 Å². The number of rotatable bonds is 9. The molecule has 2 aromatic heterocycles. The van der Waals surface area contributed by atoms with Crippen molar-refractivity contribution in [3.05, 3.63) is 42.2 Å². The van der Waals surface area contributed by atoms with Gasteiger partial charge >= 0.3 is 0 Å². The van der Waals surface area contributed by atoms with Crippen LogP contribution in [0, 0.1) is 0 Å². The Labute approximate surface area is 193 Å². The van der Waals surface area contributed by atoms with E-state index in [1.165, 1.54) is 11.8 Å². The molecule has 1 aliphatic rings. The molecule has 10 heteroatoms. The molecule has 0 unspecified atom stereocenters. The normalized spacial score (nSPS) is 13.5. The first kappa shape index (κ1) is 21.3.